The third-order valence-electron chi connectivity index (χ3n) is 3.53. The first-order valence-electron chi connectivity index (χ1n) is 6.50. The number of fused-ring (bicyclic) bond motifs is 1. The van der Waals surface area contributed by atoms with Gasteiger partial charge >= 0.3 is 0 Å². The SMILES string of the molecule is CC(C)c1ccc(C2=Cc3ccccc3[CH]2)cc1. The van der Waals surface area contributed by atoms with Crippen LogP contribution in [0.25, 0.3) is 11.6 Å². The van der Waals surface area contributed by atoms with Gasteiger partial charge in [0.05, 0.1) is 0 Å². The van der Waals surface area contributed by atoms with Crippen molar-refractivity contribution in [3.63, 3.8) is 0 Å². The molecule has 0 bridgehead atoms. The van der Waals surface area contributed by atoms with Gasteiger partial charge in [0.2, 0.25) is 0 Å². The van der Waals surface area contributed by atoms with Crippen LogP contribution >= 0.6 is 0 Å². The van der Waals surface area contributed by atoms with Gasteiger partial charge in [-0.3, -0.25) is 0 Å². The summed E-state index contributed by atoms with van der Waals surface area (Å²) in [4.78, 5) is 0. The molecular formula is C18H17. The van der Waals surface area contributed by atoms with Gasteiger partial charge < -0.3 is 0 Å². The molecule has 89 valence electrons. The molecule has 1 aliphatic rings. The third kappa shape index (κ3) is 1.99. The summed E-state index contributed by atoms with van der Waals surface area (Å²) in [6, 6.07) is 17.4. The number of hydrogen-bond acceptors (Lipinski definition) is 0. The summed E-state index contributed by atoms with van der Waals surface area (Å²) in [6.07, 6.45) is 4.53. The highest BCUT2D eigenvalue weighted by molar-refractivity contribution is 5.94. The average molecular weight is 233 g/mol. The predicted octanol–water partition coefficient (Wildman–Crippen LogP) is 4.92. The van der Waals surface area contributed by atoms with E-state index in [1.165, 1.54) is 27.8 Å². The highest BCUT2D eigenvalue weighted by Crippen LogP contribution is 2.33. The first kappa shape index (κ1) is 11.3. The molecule has 2 aromatic rings. The van der Waals surface area contributed by atoms with Crippen LogP contribution in [-0.2, 0) is 0 Å². The van der Waals surface area contributed by atoms with E-state index in [1.807, 2.05) is 0 Å². The maximum Gasteiger partial charge on any atom is 0.0211 e. The van der Waals surface area contributed by atoms with Crippen LogP contribution in [0.2, 0.25) is 0 Å². The molecule has 18 heavy (non-hydrogen) atoms. The van der Waals surface area contributed by atoms with E-state index in [2.05, 4.69) is 74.9 Å². The number of benzene rings is 2. The largest absolute Gasteiger partial charge is 0.0619 e. The maximum atomic E-state index is 2.26. The highest BCUT2D eigenvalue weighted by atomic mass is 14.2. The van der Waals surface area contributed by atoms with Crippen LogP contribution in [-0.4, -0.2) is 0 Å². The van der Waals surface area contributed by atoms with Gasteiger partial charge in [-0.25, -0.2) is 0 Å². The Morgan fingerprint density at radius 3 is 2.06 bits per heavy atom. The second-order valence-electron chi connectivity index (χ2n) is 5.15. The second kappa shape index (κ2) is 4.45. The van der Waals surface area contributed by atoms with E-state index in [1.54, 1.807) is 0 Å². The van der Waals surface area contributed by atoms with E-state index in [-0.39, 0.29) is 0 Å². The van der Waals surface area contributed by atoms with Crippen molar-refractivity contribution in [3.05, 3.63) is 77.2 Å². The zero-order valence-corrected chi connectivity index (χ0v) is 10.9. The van der Waals surface area contributed by atoms with E-state index >= 15 is 0 Å². The van der Waals surface area contributed by atoms with Gasteiger partial charge in [0, 0.05) is 6.42 Å². The Kier molecular flexibility index (Phi) is 2.79. The fraction of sp³-hybridized carbons (Fsp3) is 0.167. The van der Waals surface area contributed by atoms with Gasteiger partial charge in [-0.05, 0) is 33.7 Å². The molecule has 0 heteroatoms. The molecule has 3 rings (SSSR count). The number of allylic oxidation sites excluding steroid dienone is 1. The lowest BCUT2D eigenvalue weighted by Gasteiger charge is -2.07. The predicted molar refractivity (Wildman–Crippen MR) is 78.2 cm³/mol. The van der Waals surface area contributed by atoms with Gasteiger partial charge in [-0.1, -0.05) is 68.5 Å². The standard InChI is InChI=1S/C18H17/c1-13(2)14-7-9-15(10-8-14)18-11-16-5-3-4-6-17(16)12-18/h3-13H,1-2H3. The van der Waals surface area contributed by atoms with Crippen LogP contribution in [0.15, 0.2) is 48.5 Å². The molecule has 0 N–H and O–H groups in total. The minimum Gasteiger partial charge on any atom is -0.0619 e. The lowest BCUT2D eigenvalue weighted by molar-refractivity contribution is 0.866. The molecule has 0 nitrogen and oxygen atoms in total. The molecule has 0 saturated heterocycles. The minimum atomic E-state index is 0.595. The van der Waals surface area contributed by atoms with Crippen molar-refractivity contribution in [2.24, 2.45) is 0 Å². The molecule has 0 unspecified atom stereocenters. The Hall–Kier alpha value is -1.82. The summed E-state index contributed by atoms with van der Waals surface area (Å²) < 4.78 is 0. The van der Waals surface area contributed by atoms with Gasteiger partial charge in [0.1, 0.15) is 0 Å². The van der Waals surface area contributed by atoms with E-state index in [4.69, 9.17) is 0 Å². The fourth-order valence-corrected chi connectivity index (χ4v) is 2.38. The van der Waals surface area contributed by atoms with Crippen molar-refractivity contribution in [2.75, 3.05) is 0 Å². The monoisotopic (exact) mass is 233 g/mol. The third-order valence-corrected chi connectivity index (χ3v) is 3.53. The Morgan fingerprint density at radius 1 is 0.778 bits per heavy atom. The van der Waals surface area contributed by atoms with E-state index < -0.39 is 0 Å². The van der Waals surface area contributed by atoms with Crippen LogP contribution < -0.4 is 0 Å². The number of rotatable bonds is 2. The summed E-state index contributed by atoms with van der Waals surface area (Å²) in [6.45, 7) is 4.46. The Labute approximate surface area is 109 Å². The summed E-state index contributed by atoms with van der Waals surface area (Å²) in [5.74, 6) is 0.595. The summed E-state index contributed by atoms with van der Waals surface area (Å²) in [5, 5.41) is 0. The van der Waals surface area contributed by atoms with E-state index in [0.29, 0.717) is 5.92 Å². The van der Waals surface area contributed by atoms with Crippen molar-refractivity contribution in [2.45, 2.75) is 19.8 Å². The molecule has 1 aliphatic carbocycles. The average Bonchev–Trinajstić information content (AvgIpc) is 2.82. The van der Waals surface area contributed by atoms with Crippen LogP contribution in [0, 0.1) is 6.42 Å². The maximum absolute atomic E-state index is 2.26. The van der Waals surface area contributed by atoms with Crippen molar-refractivity contribution in [1.82, 2.24) is 0 Å². The van der Waals surface area contributed by atoms with Gasteiger partial charge in [0.15, 0.2) is 0 Å². The smallest absolute Gasteiger partial charge is 0.0211 e. The quantitative estimate of drug-likeness (QED) is 0.691. The van der Waals surface area contributed by atoms with Gasteiger partial charge in [-0.2, -0.15) is 0 Å². The molecule has 0 atom stereocenters. The number of hydrogen-bond donors (Lipinski definition) is 0. The lowest BCUT2D eigenvalue weighted by atomic mass is 9.98. The first-order valence-corrected chi connectivity index (χ1v) is 6.50. The van der Waals surface area contributed by atoms with E-state index in [9.17, 15) is 0 Å². The molecule has 0 heterocycles. The second-order valence-corrected chi connectivity index (χ2v) is 5.15. The van der Waals surface area contributed by atoms with Crippen molar-refractivity contribution >= 4 is 11.6 Å². The van der Waals surface area contributed by atoms with Gasteiger partial charge in [-0.15, -0.1) is 0 Å². The van der Waals surface area contributed by atoms with Crippen molar-refractivity contribution < 1.29 is 0 Å². The summed E-state index contributed by atoms with van der Waals surface area (Å²) in [7, 11) is 0. The first-order chi connectivity index (χ1) is 8.74. The molecule has 0 aliphatic heterocycles. The van der Waals surface area contributed by atoms with E-state index in [0.717, 1.165) is 0 Å². The van der Waals surface area contributed by atoms with Crippen molar-refractivity contribution in [1.29, 1.82) is 0 Å². The summed E-state index contributed by atoms with van der Waals surface area (Å²) in [5.41, 5.74) is 6.65. The minimum absolute atomic E-state index is 0.595. The highest BCUT2D eigenvalue weighted by Gasteiger charge is 2.13. The topological polar surface area (TPSA) is 0 Å². The van der Waals surface area contributed by atoms with Crippen LogP contribution in [0.1, 0.15) is 42.0 Å². The lowest BCUT2D eigenvalue weighted by Crippen LogP contribution is -1.88. The Bertz CT molecular complexity index is 586. The normalized spacial score (nSPS) is 13.6. The zero-order chi connectivity index (χ0) is 12.5. The fourth-order valence-electron chi connectivity index (χ4n) is 2.38. The molecule has 0 spiro atoms. The Balaban J connectivity index is 1.90. The molecule has 1 radical (unpaired) electrons. The molecule has 0 amide bonds. The molecular weight excluding hydrogens is 216 g/mol. The summed E-state index contributed by atoms with van der Waals surface area (Å²) >= 11 is 0. The van der Waals surface area contributed by atoms with Crippen LogP contribution in [0.3, 0.4) is 0 Å². The molecule has 0 aromatic heterocycles. The molecule has 0 fully saturated rings. The molecule has 0 saturated carbocycles. The van der Waals surface area contributed by atoms with Gasteiger partial charge in [0.25, 0.3) is 0 Å². The zero-order valence-electron chi connectivity index (χ0n) is 10.9. The van der Waals surface area contributed by atoms with Crippen LogP contribution in [0.5, 0.6) is 0 Å². The van der Waals surface area contributed by atoms with Crippen molar-refractivity contribution in [3.8, 4) is 0 Å². The van der Waals surface area contributed by atoms with Crippen LogP contribution in [0.4, 0.5) is 0 Å². The Morgan fingerprint density at radius 2 is 1.44 bits per heavy atom. The molecule has 2 aromatic carbocycles.